The van der Waals surface area contributed by atoms with Crippen molar-refractivity contribution in [2.75, 3.05) is 19.0 Å². The molecule has 1 amide bonds. The molecule has 0 aliphatic heterocycles. The average molecular weight is 355 g/mol. The van der Waals surface area contributed by atoms with Gasteiger partial charge < -0.3 is 14.6 Å². The Morgan fingerprint density at radius 1 is 1.52 bits per heavy atom. The average Bonchev–Trinajstić information content (AvgIpc) is 2.95. The number of benzene rings is 1. The first-order valence-electron chi connectivity index (χ1n) is 7.20. The standard InChI is InChI=1S/C15H19ClN4O2S/c1-11(14(21)18-13-6-3-5-12(16)9-13)23-15-19-17-10-20(15)7-4-8-22-2/h3,5-6,9-11H,4,7-8H2,1-2H3,(H,18,21). The molecule has 1 aromatic heterocycles. The van der Waals surface area contributed by atoms with E-state index in [4.69, 9.17) is 16.3 Å². The Morgan fingerprint density at radius 3 is 3.09 bits per heavy atom. The number of aryl methyl sites for hydroxylation is 1. The van der Waals surface area contributed by atoms with Crippen LogP contribution in [-0.2, 0) is 16.1 Å². The van der Waals surface area contributed by atoms with Crippen molar-refractivity contribution in [3.8, 4) is 0 Å². The number of aromatic nitrogens is 3. The van der Waals surface area contributed by atoms with E-state index in [2.05, 4.69) is 15.5 Å². The third kappa shape index (κ3) is 5.53. The van der Waals surface area contributed by atoms with Crippen molar-refractivity contribution in [2.24, 2.45) is 0 Å². The molecule has 0 bridgehead atoms. The van der Waals surface area contributed by atoms with E-state index < -0.39 is 0 Å². The fourth-order valence-electron chi connectivity index (χ4n) is 1.89. The molecule has 0 aliphatic carbocycles. The lowest BCUT2D eigenvalue weighted by molar-refractivity contribution is -0.115. The van der Waals surface area contributed by atoms with Gasteiger partial charge in [0.1, 0.15) is 6.33 Å². The molecule has 2 aromatic rings. The number of nitrogens with one attached hydrogen (secondary N) is 1. The van der Waals surface area contributed by atoms with Crippen LogP contribution in [0.4, 0.5) is 5.69 Å². The van der Waals surface area contributed by atoms with E-state index >= 15 is 0 Å². The van der Waals surface area contributed by atoms with Gasteiger partial charge in [-0.25, -0.2) is 0 Å². The Morgan fingerprint density at radius 2 is 2.35 bits per heavy atom. The number of ether oxygens (including phenoxy) is 1. The van der Waals surface area contributed by atoms with Crippen LogP contribution in [0.3, 0.4) is 0 Å². The Balaban J connectivity index is 1.92. The summed E-state index contributed by atoms with van der Waals surface area (Å²) in [5.74, 6) is -0.108. The summed E-state index contributed by atoms with van der Waals surface area (Å²) in [5.41, 5.74) is 0.677. The fraction of sp³-hybridized carbons (Fsp3) is 0.400. The van der Waals surface area contributed by atoms with Crippen LogP contribution < -0.4 is 5.32 Å². The van der Waals surface area contributed by atoms with Crippen molar-refractivity contribution >= 4 is 35.0 Å². The second-order valence-electron chi connectivity index (χ2n) is 4.91. The highest BCUT2D eigenvalue weighted by atomic mass is 35.5. The van der Waals surface area contributed by atoms with Crippen LogP contribution >= 0.6 is 23.4 Å². The number of anilines is 1. The molecule has 1 atom stereocenters. The molecule has 0 fully saturated rings. The number of carbonyl (C=O) groups excluding carboxylic acids is 1. The number of hydrogen-bond acceptors (Lipinski definition) is 5. The molecule has 0 radical (unpaired) electrons. The molecule has 0 spiro atoms. The molecule has 0 aliphatic rings. The zero-order valence-corrected chi connectivity index (χ0v) is 14.6. The number of carbonyl (C=O) groups is 1. The smallest absolute Gasteiger partial charge is 0.237 e. The minimum atomic E-state index is -0.306. The summed E-state index contributed by atoms with van der Waals surface area (Å²) < 4.78 is 6.96. The second-order valence-corrected chi connectivity index (χ2v) is 6.66. The van der Waals surface area contributed by atoms with Gasteiger partial charge in [0.25, 0.3) is 0 Å². The Labute approximate surface area is 144 Å². The van der Waals surface area contributed by atoms with Gasteiger partial charge in [-0.1, -0.05) is 29.4 Å². The fourth-order valence-corrected chi connectivity index (χ4v) is 2.93. The van der Waals surface area contributed by atoms with Crippen molar-refractivity contribution in [3.63, 3.8) is 0 Å². The summed E-state index contributed by atoms with van der Waals surface area (Å²) in [6, 6.07) is 7.07. The summed E-state index contributed by atoms with van der Waals surface area (Å²) in [4.78, 5) is 12.3. The van der Waals surface area contributed by atoms with Crippen LogP contribution in [0, 0.1) is 0 Å². The molecule has 23 heavy (non-hydrogen) atoms. The maximum atomic E-state index is 12.3. The van der Waals surface area contributed by atoms with Gasteiger partial charge in [0.05, 0.1) is 5.25 Å². The molecule has 124 valence electrons. The number of rotatable bonds is 8. The Kier molecular flexibility index (Phi) is 6.88. The van der Waals surface area contributed by atoms with E-state index in [1.807, 2.05) is 11.5 Å². The highest BCUT2D eigenvalue weighted by Crippen LogP contribution is 2.23. The van der Waals surface area contributed by atoms with Gasteiger partial charge in [-0.2, -0.15) is 0 Å². The number of amides is 1. The first-order chi connectivity index (χ1) is 11.1. The third-order valence-electron chi connectivity index (χ3n) is 3.07. The van der Waals surface area contributed by atoms with Crippen LogP contribution in [0.1, 0.15) is 13.3 Å². The third-order valence-corrected chi connectivity index (χ3v) is 4.40. The van der Waals surface area contributed by atoms with Crippen LogP contribution in [0.2, 0.25) is 5.02 Å². The molecule has 1 N–H and O–H groups in total. The molecule has 0 saturated carbocycles. The van der Waals surface area contributed by atoms with Gasteiger partial charge in [0.2, 0.25) is 5.91 Å². The molecular weight excluding hydrogens is 336 g/mol. The van der Waals surface area contributed by atoms with Crippen molar-refractivity contribution in [1.29, 1.82) is 0 Å². The maximum Gasteiger partial charge on any atom is 0.237 e. The molecule has 6 nitrogen and oxygen atoms in total. The Hall–Kier alpha value is -1.57. The molecular formula is C15H19ClN4O2S. The van der Waals surface area contributed by atoms with Crippen LogP contribution in [0.5, 0.6) is 0 Å². The first-order valence-corrected chi connectivity index (χ1v) is 8.45. The predicted molar refractivity (Wildman–Crippen MR) is 91.9 cm³/mol. The normalized spacial score (nSPS) is 12.1. The van der Waals surface area contributed by atoms with Gasteiger partial charge in [0, 0.05) is 31.0 Å². The number of nitrogens with zero attached hydrogens (tertiary/aromatic N) is 3. The van der Waals surface area contributed by atoms with Crippen molar-refractivity contribution < 1.29 is 9.53 Å². The van der Waals surface area contributed by atoms with Gasteiger partial charge >= 0.3 is 0 Å². The predicted octanol–water partition coefficient (Wildman–Crippen LogP) is 3.09. The summed E-state index contributed by atoms with van der Waals surface area (Å²) in [6.07, 6.45) is 2.53. The van der Waals surface area contributed by atoms with Crippen molar-refractivity contribution in [2.45, 2.75) is 30.3 Å². The lowest BCUT2D eigenvalue weighted by atomic mass is 10.3. The summed E-state index contributed by atoms with van der Waals surface area (Å²) in [6.45, 7) is 3.26. The summed E-state index contributed by atoms with van der Waals surface area (Å²) in [7, 11) is 1.67. The van der Waals surface area contributed by atoms with Gasteiger partial charge in [-0.05, 0) is 31.5 Å². The second kappa shape index (κ2) is 8.90. The van der Waals surface area contributed by atoms with E-state index in [0.717, 1.165) is 18.1 Å². The van der Waals surface area contributed by atoms with Crippen LogP contribution in [0.15, 0.2) is 35.7 Å². The van der Waals surface area contributed by atoms with E-state index in [9.17, 15) is 4.79 Å². The molecule has 8 heteroatoms. The highest BCUT2D eigenvalue weighted by Gasteiger charge is 2.18. The van der Waals surface area contributed by atoms with Crippen molar-refractivity contribution in [1.82, 2.24) is 14.8 Å². The topological polar surface area (TPSA) is 69.0 Å². The van der Waals surface area contributed by atoms with Gasteiger partial charge in [-0.15, -0.1) is 10.2 Å². The van der Waals surface area contributed by atoms with E-state index in [0.29, 0.717) is 17.3 Å². The SMILES string of the molecule is COCCCn1cnnc1SC(C)C(=O)Nc1cccc(Cl)c1. The number of methoxy groups -OCH3 is 1. The molecule has 1 unspecified atom stereocenters. The van der Waals surface area contributed by atoms with Crippen LogP contribution in [0.25, 0.3) is 0 Å². The van der Waals surface area contributed by atoms with E-state index in [1.165, 1.54) is 11.8 Å². The quantitative estimate of drug-likeness (QED) is 0.582. The molecule has 2 rings (SSSR count). The minimum Gasteiger partial charge on any atom is -0.385 e. The Bertz CT molecular complexity index is 650. The zero-order valence-electron chi connectivity index (χ0n) is 13.0. The first kappa shape index (κ1) is 17.8. The van der Waals surface area contributed by atoms with E-state index in [1.54, 1.807) is 37.7 Å². The summed E-state index contributed by atoms with van der Waals surface area (Å²) >= 11 is 7.29. The zero-order chi connectivity index (χ0) is 16.7. The van der Waals surface area contributed by atoms with Crippen molar-refractivity contribution in [3.05, 3.63) is 35.6 Å². The minimum absolute atomic E-state index is 0.108. The van der Waals surface area contributed by atoms with Crippen LogP contribution in [-0.4, -0.2) is 39.6 Å². The number of halogens is 1. The highest BCUT2D eigenvalue weighted by molar-refractivity contribution is 8.00. The maximum absolute atomic E-state index is 12.3. The molecule has 0 saturated heterocycles. The van der Waals surface area contributed by atoms with E-state index in [-0.39, 0.29) is 11.2 Å². The lowest BCUT2D eigenvalue weighted by Gasteiger charge is -2.12. The monoisotopic (exact) mass is 354 g/mol. The summed E-state index contributed by atoms with van der Waals surface area (Å²) in [5, 5.41) is 11.8. The van der Waals surface area contributed by atoms with Gasteiger partial charge in [-0.3, -0.25) is 4.79 Å². The largest absolute Gasteiger partial charge is 0.385 e. The number of hydrogen-bond donors (Lipinski definition) is 1. The number of thioether (sulfide) groups is 1. The molecule has 1 aromatic carbocycles. The molecule has 1 heterocycles. The lowest BCUT2D eigenvalue weighted by Crippen LogP contribution is -2.23. The van der Waals surface area contributed by atoms with Gasteiger partial charge in [0.15, 0.2) is 5.16 Å².